The number of carbonyl (C=O) groups excluding carboxylic acids is 1. The molecule has 0 heterocycles. The lowest BCUT2D eigenvalue weighted by Crippen LogP contribution is -2.42. The second-order valence-electron chi connectivity index (χ2n) is 4.99. The lowest BCUT2D eigenvalue weighted by Gasteiger charge is -2.34. The Kier molecular flexibility index (Phi) is 5.37. The summed E-state index contributed by atoms with van der Waals surface area (Å²) in [6.07, 6.45) is 5.74. The Labute approximate surface area is 122 Å². The van der Waals surface area contributed by atoms with E-state index in [0.29, 0.717) is 18.2 Å². The van der Waals surface area contributed by atoms with Gasteiger partial charge in [0.25, 0.3) is 5.91 Å². The summed E-state index contributed by atoms with van der Waals surface area (Å²) in [6, 6.07) is 6.28. The predicted molar refractivity (Wildman–Crippen MR) is 78.1 cm³/mol. The quantitative estimate of drug-likeness (QED) is 0.765. The van der Waals surface area contributed by atoms with Gasteiger partial charge in [-0.3, -0.25) is 4.79 Å². The van der Waals surface area contributed by atoms with Crippen molar-refractivity contribution in [1.29, 1.82) is 0 Å². The third kappa shape index (κ3) is 3.78. The number of benzene rings is 1. The molecule has 0 atom stereocenters. The van der Waals surface area contributed by atoms with Crippen LogP contribution in [0, 0.1) is 5.82 Å². The number of rotatable bonds is 4. The predicted octanol–water partition coefficient (Wildman–Crippen LogP) is 4.00. The van der Waals surface area contributed by atoms with Crippen molar-refractivity contribution in [3.05, 3.63) is 35.6 Å². The maximum atomic E-state index is 13.2. The van der Waals surface area contributed by atoms with Crippen LogP contribution in [0.25, 0.3) is 0 Å². The molecule has 0 unspecified atom stereocenters. The van der Waals surface area contributed by atoms with Gasteiger partial charge in [0.15, 0.2) is 0 Å². The van der Waals surface area contributed by atoms with Gasteiger partial charge < -0.3 is 4.90 Å². The Morgan fingerprint density at radius 3 is 2.68 bits per heavy atom. The average Bonchev–Trinajstić information content (AvgIpc) is 2.45. The summed E-state index contributed by atoms with van der Waals surface area (Å²) >= 11 is 3.40. The Balaban J connectivity index is 2.15. The molecule has 2 rings (SSSR count). The zero-order chi connectivity index (χ0) is 13.7. The normalized spacial score (nSPS) is 16.3. The maximum absolute atomic E-state index is 13.2. The maximum Gasteiger partial charge on any atom is 0.254 e. The average molecular weight is 328 g/mol. The number of amides is 1. The summed E-state index contributed by atoms with van der Waals surface area (Å²) in [7, 11) is 0. The van der Waals surface area contributed by atoms with Gasteiger partial charge in [0.2, 0.25) is 0 Å². The molecule has 19 heavy (non-hydrogen) atoms. The topological polar surface area (TPSA) is 20.3 Å². The minimum absolute atomic E-state index is 0.0501. The van der Waals surface area contributed by atoms with Crippen molar-refractivity contribution in [2.24, 2.45) is 0 Å². The molecule has 0 bridgehead atoms. The minimum atomic E-state index is -0.353. The number of carbonyl (C=O) groups is 1. The Bertz CT molecular complexity index is 432. The fraction of sp³-hybridized carbons (Fsp3) is 0.533. The first-order chi connectivity index (χ1) is 9.22. The van der Waals surface area contributed by atoms with Crippen LogP contribution in [0.15, 0.2) is 24.3 Å². The van der Waals surface area contributed by atoms with Crippen molar-refractivity contribution in [3.8, 4) is 0 Å². The molecule has 1 aliphatic rings. The number of hydrogen-bond donors (Lipinski definition) is 0. The van der Waals surface area contributed by atoms with Crippen LogP contribution in [0.2, 0.25) is 0 Å². The third-order valence-corrected chi connectivity index (χ3v) is 4.03. The molecule has 1 amide bonds. The molecule has 0 aliphatic heterocycles. The van der Waals surface area contributed by atoms with Gasteiger partial charge in [-0.1, -0.05) is 41.3 Å². The van der Waals surface area contributed by atoms with Crippen LogP contribution in [-0.4, -0.2) is 28.7 Å². The molecule has 0 radical (unpaired) electrons. The van der Waals surface area contributed by atoms with Crippen molar-refractivity contribution < 1.29 is 9.18 Å². The first kappa shape index (κ1) is 14.5. The van der Waals surface area contributed by atoms with Crippen molar-refractivity contribution >= 4 is 21.8 Å². The summed E-state index contributed by atoms with van der Waals surface area (Å²) in [4.78, 5) is 14.4. The van der Waals surface area contributed by atoms with Gasteiger partial charge in [-0.25, -0.2) is 4.39 Å². The molecule has 1 saturated carbocycles. The van der Waals surface area contributed by atoms with Crippen LogP contribution in [0.3, 0.4) is 0 Å². The molecule has 1 aromatic rings. The van der Waals surface area contributed by atoms with Gasteiger partial charge in [0, 0.05) is 23.5 Å². The molecule has 0 spiro atoms. The Morgan fingerprint density at radius 2 is 2.05 bits per heavy atom. The van der Waals surface area contributed by atoms with E-state index in [9.17, 15) is 9.18 Å². The molecule has 0 aromatic heterocycles. The number of hydrogen-bond acceptors (Lipinski definition) is 1. The molecule has 1 fully saturated rings. The molecular weight excluding hydrogens is 309 g/mol. The number of alkyl halides is 1. The third-order valence-electron chi connectivity index (χ3n) is 3.67. The fourth-order valence-electron chi connectivity index (χ4n) is 2.72. The molecule has 1 aromatic carbocycles. The van der Waals surface area contributed by atoms with E-state index >= 15 is 0 Å². The first-order valence-corrected chi connectivity index (χ1v) is 7.97. The molecular formula is C15H19BrFNO. The van der Waals surface area contributed by atoms with Crippen molar-refractivity contribution in [2.75, 3.05) is 11.9 Å². The molecule has 104 valence electrons. The summed E-state index contributed by atoms with van der Waals surface area (Å²) in [5.74, 6) is -0.404. The van der Waals surface area contributed by atoms with Crippen LogP contribution < -0.4 is 0 Å². The number of halogens is 2. The highest BCUT2D eigenvalue weighted by atomic mass is 79.9. The first-order valence-electron chi connectivity index (χ1n) is 6.85. The van der Waals surface area contributed by atoms with Gasteiger partial charge in [-0.15, -0.1) is 0 Å². The van der Waals surface area contributed by atoms with E-state index in [-0.39, 0.29) is 11.7 Å². The van der Waals surface area contributed by atoms with Crippen LogP contribution in [0.1, 0.15) is 42.5 Å². The summed E-state index contributed by atoms with van der Waals surface area (Å²) in [5, 5.41) is 0.755. The lowest BCUT2D eigenvalue weighted by molar-refractivity contribution is 0.0650. The van der Waals surface area contributed by atoms with Crippen LogP contribution in [0.5, 0.6) is 0 Å². The van der Waals surface area contributed by atoms with E-state index in [1.54, 1.807) is 12.1 Å². The van der Waals surface area contributed by atoms with Crippen LogP contribution in [0.4, 0.5) is 4.39 Å². The zero-order valence-corrected chi connectivity index (χ0v) is 12.5. The summed E-state index contributed by atoms with van der Waals surface area (Å²) in [6.45, 7) is 0.681. The highest BCUT2D eigenvalue weighted by molar-refractivity contribution is 9.09. The fourth-order valence-corrected chi connectivity index (χ4v) is 3.10. The zero-order valence-electron chi connectivity index (χ0n) is 10.9. The van der Waals surface area contributed by atoms with E-state index in [1.165, 1.54) is 31.4 Å². The standard InChI is InChI=1S/C15H19BrFNO/c16-9-10-18(14-7-2-1-3-8-14)15(19)12-5-4-6-13(17)11-12/h4-6,11,14H,1-3,7-10H2. The summed E-state index contributed by atoms with van der Waals surface area (Å²) in [5.41, 5.74) is 0.450. The second kappa shape index (κ2) is 7.04. The highest BCUT2D eigenvalue weighted by Gasteiger charge is 2.25. The smallest absolute Gasteiger partial charge is 0.254 e. The van der Waals surface area contributed by atoms with E-state index in [2.05, 4.69) is 15.9 Å². The second-order valence-corrected chi connectivity index (χ2v) is 5.78. The molecule has 4 heteroatoms. The highest BCUT2D eigenvalue weighted by Crippen LogP contribution is 2.24. The van der Waals surface area contributed by atoms with Gasteiger partial charge in [0.05, 0.1) is 0 Å². The Morgan fingerprint density at radius 1 is 1.32 bits per heavy atom. The monoisotopic (exact) mass is 327 g/mol. The van der Waals surface area contributed by atoms with Crippen LogP contribution >= 0.6 is 15.9 Å². The molecule has 0 N–H and O–H groups in total. The van der Waals surface area contributed by atoms with E-state index in [1.807, 2.05) is 4.90 Å². The van der Waals surface area contributed by atoms with Gasteiger partial charge in [0.1, 0.15) is 5.82 Å². The van der Waals surface area contributed by atoms with Crippen molar-refractivity contribution in [3.63, 3.8) is 0 Å². The van der Waals surface area contributed by atoms with Gasteiger partial charge in [-0.05, 0) is 31.0 Å². The van der Waals surface area contributed by atoms with Gasteiger partial charge >= 0.3 is 0 Å². The number of nitrogens with zero attached hydrogens (tertiary/aromatic N) is 1. The minimum Gasteiger partial charge on any atom is -0.335 e. The molecule has 2 nitrogen and oxygen atoms in total. The van der Waals surface area contributed by atoms with Gasteiger partial charge in [-0.2, -0.15) is 0 Å². The SMILES string of the molecule is O=C(c1cccc(F)c1)N(CCBr)C1CCCCC1. The van der Waals surface area contributed by atoms with E-state index in [4.69, 9.17) is 0 Å². The van der Waals surface area contributed by atoms with E-state index in [0.717, 1.165) is 18.2 Å². The summed E-state index contributed by atoms with van der Waals surface area (Å²) < 4.78 is 13.2. The van der Waals surface area contributed by atoms with E-state index < -0.39 is 0 Å². The lowest BCUT2D eigenvalue weighted by atomic mass is 9.93. The Hall–Kier alpha value is -0.900. The largest absolute Gasteiger partial charge is 0.335 e. The molecule has 1 aliphatic carbocycles. The van der Waals surface area contributed by atoms with Crippen molar-refractivity contribution in [1.82, 2.24) is 4.90 Å². The van der Waals surface area contributed by atoms with Crippen LogP contribution in [-0.2, 0) is 0 Å². The molecule has 0 saturated heterocycles. The van der Waals surface area contributed by atoms with Crippen molar-refractivity contribution in [2.45, 2.75) is 38.1 Å².